The molecule has 0 radical (unpaired) electrons. The number of carbonyl (C=O) groups excluding carboxylic acids is 3. The lowest BCUT2D eigenvalue weighted by atomic mass is 10.1. The molecule has 2 amide bonds. The standard InChI is InChI=1S/C22H16N2O5/c1-28-22(27)13-4-2-6-15(10-13)24-20(25)18-9-8-17(12-19(18)21(24)26)29-16-7-3-5-14(23)11-16/h2-12H,23H2,1H3. The Morgan fingerprint density at radius 3 is 2.34 bits per heavy atom. The number of nitrogens with two attached hydrogens (primary N) is 1. The summed E-state index contributed by atoms with van der Waals surface area (Å²) in [5.41, 5.74) is 7.31. The lowest BCUT2D eigenvalue weighted by Crippen LogP contribution is -2.29. The maximum absolute atomic E-state index is 12.9. The van der Waals surface area contributed by atoms with Gasteiger partial charge in [-0.15, -0.1) is 0 Å². The van der Waals surface area contributed by atoms with Gasteiger partial charge in [0, 0.05) is 11.8 Å². The van der Waals surface area contributed by atoms with E-state index in [1.807, 2.05) is 0 Å². The number of amides is 2. The van der Waals surface area contributed by atoms with Crippen molar-refractivity contribution in [2.45, 2.75) is 0 Å². The zero-order chi connectivity index (χ0) is 20.5. The SMILES string of the molecule is COC(=O)c1cccc(N2C(=O)c3ccc(Oc4cccc(N)c4)cc3C2=O)c1. The van der Waals surface area contributed by atoms with Gasteiger partial charge in [-0.05, 0) is 48.5 Å². The fraction of sp³-hybridized carbons (Fsp3) is 0.0455. The van der Waals surface area contributed by atoms with Crippen LogP contribution in [-0.2, 0) is 4.74 Å². The lowest BCUT2D eigenvalue weighted by molar-refractivity contribution is 0.0600. The van der Waals surface area contributed by atoms with Gasteiger partial charge in [-0.2, -0.15) is 0 Å². The first-order chi connectivity index (χ1) is 14.0. The number of imide groups is 1. The van der Waals surface area contributed by atoms with Crippen molar-refractivity contribution in [3.63, 3.8) is 0 Å². The van der Waals surface area contributed by atoms with Crippen LogP contribution in [0, 0.1) is 0 Å². The van der Waals surface area contributed by atoms with Gasteiger partial charge < -0.3 is 15.2 Å². The molecule has 4 rings (SSSR count). The van der Waals surface area contributed by atoms with E-state index in [2.05, 4.69) is 0 Å². The van der Waals surface area contributed by atoms with Crippen LogP contribution in [0.1, 0.15) is 31.1 Å². The first-order valence-corrected chi connectivity index (χ1v) is 8.72. The Morgan fingerprint density at radius 2 is 1.59 bits per heavy atom. The third kappa shape index (κ3) is 3.29. The van der Waals surface area contributed by atoms with Crippen LogP contribution in [0.4, 0.5) is 11.4 Å². The number of anilines is 2. The van der Waals surface area contributed by atoms with Crippen molar-refractivity contribution in [3.05, 3.63) is 83.4 Å². The third-order valence-corrected chi connectivity index (χ3v) is 4.48. The summed E-state index contributed by atoms with van der Waals surface area (Å²) in [5.74, 6) is -0.598. The number of nitrogens with zero attached hydrogens (tertiary/aromatic N) is 1. The van der Waals surface area contributed by atoms with Crippen LogP contribution in [0.25, 0.3) is 0 Å². The zero-order valence-corrected chi connectivity index (χ0v) is 15.4. The summed E-state index contributed by atoms with van der Waals surface area (Å²) in [6.07, 6.45) is 0. The van der Waals surface area contributed by atoms with E-state index in [0.717, 1.165) is 4.90 Å². The number of ether oxygens (including phenoxy) is 2. The average Bonchev–Trinajstić information content (AvgIpc) is 2.97. The Hall–Kier alpha value is -4.13. The predicted molar refractivity (Wildman–Crippen MR) is 106 cm³/mol. The minimum absolute atomic E-state index is 0.222. The van der Waals surface area contributed by atoms with Crippen LogP contribution < -0.4 is 15.4 Å². The van der Waals surface area contributed by atoms with Gasteiger partial charge in [0.05, 0.1) is 29.5 Å². The molecule has 0 saturated heterocycles. The Labute approximate surface area is 166 Å². The highest BCUT2D eigenvalue weighted by Gasteiger charge is 2.37. The zero-order valence-electron chi connectivity index (χ0n) is 15.4. The van der Waals surface area contributed by atoms with Gasteiger partial charge in [0.2, 0.25) is 0 Å². The topological polar surface area (TPSA) is 98.9 Å². The van der Waals surface area contributed by atoms with Crippen LogP contribution >= 0.6 is 0 Å². The molecule has 1 aliphatic heterocycles. The molecule has 1 aliphatic rings. The molecule has 29 heavy (non-hydrogen) atoms. The van der Waals surface area contributed by atoms with Gasteiger partial charge in [-0.25, -0.2) is 9.69 Å². The number of nitrogen functional groups attached to an aromatic ring is 1. The molecule has 0 saturated carbocycles. The van der Waals surface area contributed by atoms with Crippen LogP contribution in [0.15, 0.2) is 66.7 Å². The number of benzene rings is 3. The van der Waals surface area contributed by atoms with Crippen LogP contribution in [0.2, 0.25) is 0 Å². The minimum atomic E-state index is -0.554. The smallest absolute Gasteiger partial charge is 0.337 e. The first kappa shape index (κ1) is 18.2. The second kappa shape index (κ2) is 7.12. The lowest BCUT2D eigenvalue weighted by Gasteiger charge is -2.14. The number of methoxy groups -OCH3 is 1. The van der Waals surface area contributed by atoms with Gasteiger partial charge in [-0.3, -0.25) is 9.59 Å². The molecule has 2 N–H and O–H groups in total. The normalized spacial score (nSPS) is 12.7. The van der Waals surface area contributed by atoms with Crippen molar-refractivity contribution in [1.29, 1.82) is 0 Å². The second-order valence-corrected chi connectivity index (χ2v) is 6.37. The quantitative estimate of drug-likeness (QED) is 0.416. The van der Waals surface area contributed by atoms with Gasteiger partial charge in [0.15, 0.2) is 0 Å². The highest BCUT2D eigenvalue weighted by molar-refractivity contribution is 6.34. The second-order valence-electron chi connectivity index (χ2n) is 6.37. The maximum Gasteiger partial charge on any atom is 0.337 e. The highest BCUT2D eigenvalue weighted by Crippen LogP contribution is 2.33. The van der Waals surface area contributed by atoms with E-state index in [1.165, 1.54) is 19.2 Å². The summed E-state index contributed by atoms with van der Waals surface area (Å²) < 4.78 is 10.4. The molecule has 0 aliphatic carbocycles. The van der Waals surface area contributed by atoms with Gasteiger partial charge in [0.1, 0.15) is 11.5 Å². The van der Waals surface area contributed by atoms with Crippen molar-refractivity contribution in [3.8, 4) is 11.5 Å². The van der Waals surface area contributed by atoms with E-state index in [-0.39, 0.29) is 22.4 Å². The third-order valence-electron chi connectivity index (χ3n) is 4.48. The fourth-order valence-electron chi connectivity index (χ4n) is 3.12. The molecule has 3 aromatic rings. The maximum atomic E-state index is 12.9. The molecule has 7 nitrogen and oxygen atoms in total. The molecule has 3 aromatic carbocycles. The summed E-state index contributed by atoms with van der Waals surface area (Å²) in [7, 11) is 1.26. The predicted octanol–water partition coefficient (Wildman–Crippen LogP) is 3.65. The van der Waals surface area contributed by atoms with Crippen molar-refractivity contribution < 1.29 is 23.9 Å². The molecule has 0 fully saturated rings. The highest BCUT2D eigenvalue weighted by atomic mass is 16.5. The van der Waals surface area contributed by atoms with E-state index >= 15 is 0 Å². The molecule has 144 valence electrons. The van der Waals surface area contributed by atoms with Crippen LogP contribution in [0.5, 0.6) is 11.5 Å². The minimum Gasteiger partial charge on any atom is -0.465 e. The van der Waals surface area contributed by atoms with E-state index in [9.17, 15) is 14.4 Å². The first-order valence-electron chi connectivity index (χ1n) is 8.72. The fourth-order valence-corrected chi connectivity index (χ4v) is 3.12. The molecule has 0 unspecified atom stereocenters. The summed E-state index contributed by atoms with van der Waals surface area (Å²) >= 11 is 0. The number of carbonyl (C=O) groups is 3. The van der Waals surface area contributed by atoms with Crippen LogP contribution in [0.3, 0.4) is 0 Å². The Bertz CT molecular complexity index is 1160. The number of hydrogen-bond acceptors (Lipinski definition) is 6. The summed E-state index contributed by atoms with van der Waals surface area (Å²) in [6, 6.07) is 17.7. The van der Waals surface area contributed by atoms with E-state index < -0.39 is 17.8 Å². The molecule has 0 atom stereocenters. The Kier molecular flexibility index (Phi) is 4.48. The number of hydrogen-bond donors (Lipinski definition) is 1. The Morgan fingerprint density at radius 1 is 0.862 bits per heavy atom. The van der Waals surface area contributed by atoms with Crippen LogP contribution in [-0.4, -0.2) is 24.9 Å². The molecular weight excluding hydrogens is 372 g/mol. The molecule has 0 bridgehead atoms. The monoisotopic (exact) mass is 388 g/mol. The van der Waals surface area contributed by atoms with Gasteiger partial charge >= 0.3 is 5.97 Å². The summed E-state index contributed by atoms with van der Waals surface area (Å²) in [6.45, 7) is 0. The average molecular weight is 388 g/mol. The summed E-state index contributed by atoms with van der Waals surface area (Å²) in [5, 5.41) is 0. The van der Waals surface area contributed by atoms with Crippen molar-refractivity contribution >= 4 is 29.2 Å². The van der Waals surface area contributed by atoms with Crippen molar-refractivity contribution in [2.24, 2.45) is 0 Å². The Balaban J connectivity index is 1.66. The van der Waals surface area contributed by atoms with Crippen molar-refractivity contribution in [1.82, 2.24) is 0 Å². The molecule has 7 heteroatoms. The molecule has 0 spiro atoms. The van der Waals surface area contributed by atoms with E-state index in [4.69, 9.17) is 15.2 Å². The van der Waals surface area contributed by atoms with Gasteiger partial charge in [0.25, 0.3) is 11.8 Å². The largest absolute Gasteiger partial charge is 0.465 e. The van der Waals surface area contributed by atoms with E-state index in [1.54, 1.807) is 54.6 Å². The number of rotatable bonds is 4. The van der Waals surface area contributed by atoms with Gasteiger partial charge in [-0.1, -0.05) is 12.1 Å². The number of fused-ring (bicyclic) bond motifs is 1. The molecule has 1 heterocycles. The molecule has 0 aromatic heterocycles. The van der Waals surface area contributed by atoms with Crippen molar-refractivity contribution in [2.75, 3.05) is 17.7 Å². The molecular formula is C22H16N2O5. The van der Waals surface area contributed by atoms with E-state index in [0.29, 0.717) is 17.2 Å². The summed E-state index contributed by atoms with van der Waals surface area (Å²) in [4.78, 5) is 38.5. The number of esters is 1.